The number of fused-ring (bicyclic) bond motifs is 1. The molecule has 5 aromatic rings. The number of halogens is 2. The van der Waals surface area contributed by atoms with Crippen LogP contribution >= 0.6 is 23.2 Å². The summed E-state index contributed by atoms with van der Waals surface area (Å²) in [6, 6.07) is 40.4. The van der Waals surface area contributed by atoms with Gasteiger partial charge in [-0.2, -0.15) is 0 Å². The van der Waals surface area contributed by atoms with Crippen molar-refractivity contribution in [2.75, 3.05) is 0 Å². The summed E-state index contributed by atoms with van der Waals surface area (Å²) in [6.45, 7) is 0. The molecule has 1 aliphatic rings. The third-order valence-corrected chi connectivity index (χ3v) is 7.93. The highest BCUT2D eigenvalue weighted by Crippen LogP contribution is 2.40. The van der Waals surface area contributed by atoms with Crippen LogP contribution in [0.25, 0.3) is 16.5 Å². The first-order chi connectivity index (χ1) is 20.5. The molecule has 0 aromatic heterocycles. The first-order valence-electron chi connectivity index (χ1n) is 13.9. The third kappa shape index (κ3) is 7.36. The second-order valence-electron chi connectivity index (χ2n) is 10.1. The van der Waals surface area contributed by atoms with Crippen LogP contribution in [0.3, 0.4) is 0 Å². The molecule has 0 radical (unpaired) electrons. The van der Waals surface area contributed by atoms with Crippen LogP contribution in [0.2, 0.25) is 10.0 Å². The number of esters is 1. The summed E-state index contributed by atoms with van der Waals surface area (Å²) < 4.78 is 5.82. The van der Waals surface area contributed by atoms with E-state index in [1.54, 1.807) is 36.4 Å². The van der Waals surface area contributed by atoms with E-state index in [0.717, 1.165) is 21.9 Å². The minimum absolute atomic E-state index is 0.0264. The fourth-order valence-electron chi connectivity index (χ4n) is 5.27. The largest absolute Gasteiger partial charge is 0.426 e. The molecule has 0 N–H and O–H groups in total. The summed E-state index contributed by atoms with van der Waals surface area (Å²) >= 11 is 12.0. The smallest absolute Gasteiger partial charge is 0.315 e. The Labute approximate surface area is 256 Å². The maximum absolute atomic E-state index is 13.4. The molecule has 42 heavy (non-hydrogen) atoms. The third-order valence-electron chi connectivity index (χ3n) is 7.42. The number of carbonyl (C=O) groups excluding carboxylic acids is 2. The molecule has 210 valence electrons. The summed E-state index contributed by atoms with van der Waals surface area (Å²) in [7, 11) is 0. The fourth-order valence-corrected chi connectivity index (χ4v) is 5.53. The number of Topliss-reactive ketones (excluding diaryl/α,β-unsaturated/α-hetero) is 1. The van der Waals surface area contributed by atoms with Gasteiger partial charge in [-0.05, 0) is 89.7 Å². The Morgan fingerprint density at radius 3 is 1.98 bits per heavy atom. The highest BCUT2D eigenvalue weighted by molar-refractivity contribution is 6.31. The highest BCUT2D eigenvalue weighted by atomic mass is 35.5. The predicted molar refractivity (Wildman–Crippen MR) is 172 cm³/mol. The molecule has 0 saturated carbocycles. The summed E-state index contributed by atoms with van der Waals surface area (Å²) in [5.74, 6) is -0.285. The molecule has 1 heterocycles. The van der Waals surface area contributed by atoms with Crippen LogP contribution in [-0.2, 0) is 9.53 Å². The summed E-state index contributed by atoms with van der Waals surface area (Å²) in [4.78, 5) is 26.4. The van der Waals surface area contributed by atoms with Crippen molar-refractivity contribution >= 4 is 51.5 Å². The van der Waals surface area contributed by atoms with Gasteiger partial charge in [0.05, 0.1) is 5.92 Å². The number of carbonyl (C=O) groups is 2. The SMILES string of the molecule is O=C(CC[C@H](c1cccc2ccccc12)[C@H]1CC=C(c2ccc(Cl)cc2)OC1=O)c1ccc(Cl)cc1.c1ccccc1. The Hall–Kier alpha value is -4.18. The molecule has 0 aliphatic carbocycles. The molecule has 0 spiro atoms. The maximum atomic E-state index is 13.4. The highest BCUT2D eigenvalue weighted by Gasteiger charge is 2.35. The van der Waals surface area contributed by atoms with Crippen molar-refractivity contribution in [1.29, 1.82) is 0 Å². The lowest BCUT2D eigenvalue weighted by molar-refractivity contribution is -0.143. The molecule has 0 fully saturated rings. The number of benzene rings is 5. The van der Waals surface area contributed by atoms with Gasteiger partial charge in [-0.25, -0.2) is 0 Å². The number of ether oxygens (including phenoxy) is 1. The molecule has 3 nitrogen and oxygen atoms in total. The van der Waals surface area contributed by atoms with Gasteiger partial charge in [0, 0.05) is 27.6 Å². The Bertz CT molecular complexity index is 1640. The summed E-state index contributed by atoms with van der Waals surface area (Å²) in [5, 5.41) is 3.41. The van der Waals surface area contributed by atoms with E-state index in [1.807, 2.05) is 72.8 Å². The second-order valence-corrected chi connectivity index (χ2v) is 11.0. The van der Waals surface area contributed by atoms with Gasteiger partial charge in [0.25, 0.3) is 0 Å². The molecule has 2 atom stereocenters. The van der Waals surface area contributed by atoms with Gasteiger partial charge >= 0.3 is 5.97 Å². The van der Waals surface area contributed by atoms with Gasteiger partial charge in [-0.3, -0.25) is 9.59 Å². The van der Waals surface area contributed by atoms with E-state index in [0.29, 0.717) is 40.6 Å². The van der Waals surface area contributed by atoms with Crippen LogP contribution < -0.4 is 0 Å². The Balaban J connectivity index is 0.000000524. The van der Waals surface area contributed by atoms with Crippen LogP contribution in [-0.4, -0.2) is 11.8 Å². The number of ketones is 1. The van der Waals surface area contributed by atoms with Crippen LogP contribution in [0.1, 0.15) is 46.7 Å². The van der Waals surface area contributed by atoms with Gasteiger partial charge in [-0.15, -0.1) is 0 Å². The van der Waals surface area contributed by atoms with Gasteiger partial charge in [0.2, 0.25) is 0 Å². The van der Waals surface area contributed by atoms with Crippen molar-refractivity contribution in [2.24, 2.45) is 5.92 Å². The van der Waals surface area contributed by atoms with E-state index >= 15 is 0 Å². The monoisotopic (exact) mass is 592 g/mol. The molecule has 0 saturated heterocycles. The molecule has 6 rings (SSSR count). The van der Waals surface area contributed by atoms with Crippen molar-refractivity contribution in [3.05, 3.63) is 160 Å². The number of hydrogen-bond acceptors (Lipinski definition) is 3. The van der Waals surface area contributed by atoms with E-state index in [-0.39, 0.29) is 17.7 Å². The summed E-state index contributed by atoms with van der Waals surface area (Å²) in [5.41, 5.74) is 2.49. The molecule has 5 aromatic carbocycles. The molecule has 0 unspecified atom stereocenters. The minimum atomic E-state index is -0.398. The minimum Gasteiger partial charge on any atom is -0.426 e. The molecule has 5 heteroatoms. The van der Waals surface area contributed by atoms with Gasteiger partial charge in [0.1, 0.15) is 5.76 Å². The van der Waals surface area contributed by atoms with Crippen LogP contribution in [0.15, 0.2) is 133 Å². The predicted octanol–water partition coefficient (Wildman–Crippen LogP) is 10.2. The van der Waals surface area contributed by atoms with Crippen LogP contribution in [0.4, 0.5) is 0 Å². The first-order valence-corrected chi connectivity index (χ1v) is 14.7. The second kappa shape index (κ2) is 14.1. The van der Waals surface area contributed by atoms with E-state index in [9.17, 15) is 9.59 Å². The summed E-state index contributed by atoms with van der Waals surface area (Å²) in [6.07, 6.45) is 3.33. The van der Waals surface area contributed by atoms with Gasteiger partial charge < -0.3 is 4.74 Å². The zero-order valence-electron chi connectivity index (χ0n) is 23.0. The van der Waals surface area contributed by atoms with E-state index in [4.69, 9.17) is 27.9 Å². The molecule has 0 amide bonds. The standard InChI is InChI=1S/C31H24Cl2O3.C6H6/c32-23-12-8-21(9-13-23)29(34)18-16-27(26-7-3-5-20-4-1-2-6-25(20)26)28-17-19-30(36-31(28)35)22-10-14-24(33)15-11-22;1-2-4-6-5-3-1/h1-15,19,27-28H,16-18H2;1-6H/t27-,28-;/m1./s1. The number of hydrogen-bond donors (Lipinski definition) is 0. The quantitative estimate of drug-likeness (QED) is 0.139. The zero-order valence-corrected chi connectivity index (χ0v) is 24.5. The van der Waals surface area contributed by atoms with Crippen molar-refractivity contribution in [1.82, 2.24) is 0 Å². The maximum Gasteiger partial charge on any atom is 0.315 e. The van der Waals surface area contributed by atoms with E-state index < -0.39 is 5.92 Å². The van der Waals surface area contributed by atoms with Crippen LogP contribution in [0, 0.1) is 5.92 Å². The Morgan fingerprint density at radius 1 is 0.738 bits per heavy atom. The Morgan fingerprint density at radius 2 is 1.33 bits per heavy atom. The molecule has 0 bridgehead atoms. The number of cyclic esters (lactones) is 1. The van der Waals surface area contributed by atoms with Gasteiger partial charge in [0.15, 0.2) is 5.78 Å². The Kier molecular flexibility index (Phi) is 9.86. The lowest BCUT2D eigenvalue weighted by atomic mass is 9.77. The average Bonchev–Trinajstić information content (AvgIpc) is 3.03. The normalized spacial score (nSPS) is 15.1. The zero-order chi connectivity index (χ0) is 29.3. The number of rotatable bonds is 7. The molecular weight excluding hydrogens is 563 g/mol. The van der Waals surface area contributed by atoms with Crippen molar-refractivity contribution in [3.8, 4) is 0 Å². The topological polar surface area (TPSA) is 43.4 Å². The molecule has 1 aliphatic heterocycles. The van der Waals surface area contributed by atoms with Crippen molar-refractivity contribution in [3.63, 3.8) is 0 Å². The fraction of sp³-hybridized carbons (Fsp3) is 0.135. The van der Waals surface area contributed by atoms with Crippen molar-refractivity contribution in [2.45, 2.75) is 25.2 Å². The van der Waals surface area contributed by atoms with E-state index in [2.05, 4.69) is 24.3 Å². The number of allylic oxidation sites excluding steroid dienone is 1. The van der Waals surface area contributed by atoms with E-state index in [1.165, 1.54) is 0 Å². The van der Waals surface area contributed by atoms with Gasteiger partial charge in [-0.1, -0.05) is 102 Å². The van der Waals surface area contributed by atoms with Crippen molar-refractivity contribution < 1.29 is 14.3 Å². The van der Waals surface area contributed by atoms with Crippen LogP contribution in [0.5, 0.6) is 0 Å². The lowest BCUT2D eigenvalue weighted by Gasteiger charge is -2.29. The molecular formula is C37H30Cl2O3. The first kappa shape index (κ1) is 29.3. The average molecular weight is 594 g/mol. The lowest BCUT2D eigenvalue weighted by Crippen LogP contribution is -2.27.